The molecule has 0 saturated carbocycles. The molecule has 2 rings (SSSR count). The Hall–Kier alpha value is -1.03. The van der Waals surface area contributed by atoms with E-state index in [0.717, 1.165) is 27.0 Å². The molecule has 0 saturated heterocycles. The van der Waals surface area contributed by atoms with Crippen molar-refractivity contribution in [2.24, 2.45) is 5.92 Å². The summed E-state index contributed by atoms with van der Waals surface area (Å²) in [6.45, 7) is 6.32. The number of anilines is 1. The van der Waals surface area contributed by atoms with E-state index in [9.17, 15) is 4.79 Å². The zero-order chi connectivity index (χ0) is 12.7. The lowest BCUT2D eigenvalue weighted by Gasteiger charge is -2.21. The maximum Gasteiger partial charge on any atom is 0.233 e. The van der Waals surface area contributed by atoms with E-state index in [1.165, 1.54) is 0 Å². The van der Waals surface area contributed by atoms with Gasteiger partial charge in [-0.05, 0) is 31.0 Å². The molecule has 0 aliphatic carbocycles. The second kappa shape index (κ2) is 4.33. The first-order chi connectivity index (χ1) is 7.93. The molecule has 0 radical (unpaired) electrons. The molecule has 17 heavy (non-hydrogen) atoms. The molecule has 1 heterocycles. The maximum atomic E-state index is 12.1. The van der Waals surface area contributed by atoms with E-state index in [2.05, 4.69) is 15.9 Å². The van der Waals surface area contributed by atoms with Crippen molar-refractivity contribution in [1.82, 2.24) is 0 Å². The molecule has 1 unspecified atom stereocenters. The van der Waals surface area contributed by atoms with Crippen LogP contribution in [0.5, 0.6) is 5.75 Å². The van der Waals surface area contributed by atoms with Crippen LogP contribution in [0.2, 0.25) is 0 Å². The van der Waals surface area contributed by atoms with Gasteiger partial charge in [-0.1, -0.05) is 22.9 Å². The second-order valence-electron chi connectivity index (χ2n) is 4.59. The third-order valence-corrected chi connectivity index (χ3v) is 4.02. The highest BCUT2D eigenvalue weighted by Gasteiger charge is 2.29. The van der Waals surface area contributed by atoms with E-state index in [0.29, 0.717) is 6.61 Å². The van der Waals surface area contributed by atoms with E-state index >= 15 is 0 Å². The van der Waals surface area contributed by atoms with Gasteiger partial charge >= 0.3 is 0 Å². The molecular weight excluding hydrogens is 282 g/mol. The summed E-state index contributed by atoms with van der Waals surface area (Å²) in [7, 11) is 1.81. The molecule has 1 aromatic carbocycles. The summed E-state index contributed by atoms with van der Waals surface area (Å²) in [5.41, 5.74) is 2.97. The zero-order valence-electron chi connectivity index (χ0n) is 10.5. The summed E-state index contributed by atoms with van der Waals surface area (Å²) >= 11 is 3.52. The lowest BCUT2D eigenvalue weighted by atomic mass is 10.1. The molecule has 4 heteroatoms. The van der Waals surface area contributed by atoms with Gasteiger partial charge in [-0.25, -0.2) is 0 Å². The Morgan fingerprint density at radius 2 is 2.12 bits per heavy atom. The van der Waals surface area contributed by atoms with Crippen LogP contribution in [0.4, 0.5) is 5.69 Å². The average molecular weight is 298 g/mol. The van der Waals surface area contributed by atoms with E-state index in [1.54, 1.807) is 4.90 Å². The minimum absolute atomic E-state index is 0.101. The van der Waals surface area contributed by atoms with Crippen LogP contribution in [0, 0.1) is 19.8 Å². The van der Waals surface area contributed by atoms with Crippen molar-refractivity contribution in [2.45, 2.75) is 20.8 Å². The molecule has 0 spiro atoms. The first-order valence-electron chi connectivity index (χ1n) is 5.63. The third-order valence-electron chi connectivity index (χ3n) is 3.20. The zero-order valence-corrected chi connectivity index (χ0v) is 12.1. The Morgan fingerprint density at radius 1 is 1.47 bits per heavy atom. The van der Waals surface area contributed by atoms with Crippen molar-refractivity contribution in [3.8, 4) is 5.75 Å². The van der Waals surface area contributed by atoms with Crippen molar-refractivity contribution in [3.63, 3.8) is 0 Å². The van der Waals surface area contributed by atoms with Crippen molar-refractivity contribution >= 4 is 27.5 Å². The van der Waals surface area contributed by atoms with E-state index in [1.807, 2.05) is 33.9 Å². The number of aryl methyl sites for hydroxylation is 1. The van der Waals surface area contributed by atoms with Gasteiger partial charge in [0.25, 0.3) is 0 Å². The largest absolute Gasteiger partial charge is 0.490 e. The number of amides is 1. The van der Waals surface area contributed by atoms with Crippen LogP contribution >= 0.6 is 15.9 Å². The predicted molar refractivity (Wildman–Crippen MR) is 71.7 cm³/mol. The normalized spacial score (nSPS) is 19.7. The third kappa shape index (κ3) is 1.95. The van der Waals surface area contributed by atoms with Crippen molar-refractivity contribution in [3.05, 3.63) is 21.7 Å². The Labute approximate surface area is 110 Å². The molecule has 1 aliphatic rings. The number of halogens is 1. The molecule has 0 bridgehead atoms. The number of carbonyl (C=O) groups is 1. The molecule has 0 fully saturated rings. The molecule has 1 amide bonds. The SMILES string of the molecule is Cc1cc(Br)c(C)c2c1OCC(C)C(=O)N2C. The van der Waals surface area contributed by atoms with Crippen molar-refractivity contribution in [2.75, 3.05) is 18.6 Å². The molecule has 0 aromatic heterocycles. The smallest absolute Gasteiger partial charge is 0.233 e. The molecule has 1 atom stereocenters. The Bertz CT molecular complexity index is 485. The monoisotopic (exact) mass is 297 g/mol. The van der Waals surface area contributed by atoms with Crippen molar-refractivity contribution in [1.29, 1.82) is 0 Å². The fourth-order valence-electron chi connectivity index (χ4n) is 2.14. The topological polar surface area (TPSA) is 29.5 Å². The highest BCUT2D eigenvalue weighted by Crippen LogP contribution is 2.41. The average Bonchev–Trinajstić information content (AvgIpc) is 2.39. The highest BCUT2D eigenvalue weighted by molar-refractivity contribution is 9.10. The summed E-state index contributed by atoms with van der Waals surface area (Å²) < 4.78 is 6.79. The highest BCUT2D eigenvalue weighted by atomic mass is 79.9. The number of carbonyl (C=O) groups excluding carboxylic acids is 1. The number of nitrogens with zero attached hydrogens (tertiary/aromatic N) is 1. The van der Waals surface area contributed by atoms with Gasteiger partial charge in [0, 0.05) is 11.5 Å². The van der Waals surface area contributed by atoms with Gasteiger partial charge in [0.2, 0.25) is 5.91 Å². The van der Waals surface area contributed by atoms with Gasteiger partial charge in [-0.15, -0.1) is 0 Å². The van der Waals surface area contributed by atoms with Gasteiger partial charge in [-0.3, -0.25) is 4.79 Å². The number of fused-ring (bicyclic) bond motifs is 1. The fourth-order valence-corrected chi connectivity index (χ4v) is 2.67. The lowest BCUT2D eigenvalue weighted by Crippen LogP contribution is -2.32. The van der Waals surface area contributed by atoms with Gasteiger partial charge in [0.15, 0.2) is 0 Å². The van der Waals surface area contributed by atoms with Crippen LogP contribution in [-0.2, 0) is 4.79 Å². The molecular formula is C13H16BrNO2. The Balaban J connectivity index is 2.67. The molecule has 1 aliphatic heterocycles. The standard InChI is InChI=1S/C13H16BrNO2/c1-7-5-10(14)9(3)11-12(7)17-6-8(2)13(16)15(11)4/h5,8H,6H2,1-4H3. The minimum atomic E-state index is -0.107. The number of hydrogen-bond donors (Lipinski definition) is 0. The summed E-state index contributed by atoms with van der Waals surface area (Å²) in [4.78, 5) is 13.8. The number of benzene rings is 1. The van der Waals surface area contributed by atoms with Gasteiger partial charge < -0.3 is 9.64 Å². The predicted octanol–water partition coefficient (Wildman–Crippen LogP) is 3.06. The van der Waals surface area contributed by atoms with Crippen LogP contribution in [0.15, 0.2) is 10.5 Å². The Kier molecular flexibility index (Phi) is 3.17. The van der Waals surface area contributed by atoms with Gasteiger partial charge in [0.05, 0.1) is 18.2 Å². The summed E-state index contributed by atoms with van der Waals surface area (Å²) in [6, 6.07) is 2.03. The summed E-state index contributed by atoms with van der Waals surface area (Å²) in [5, 5.41) is 0. The quantitative estimate of drug-likeness (QED) is 0.736. The van der Waals surface area contributed by atoms with E-state index in [4.69, 9.17) is 4.74 Å². The first kappa shape index (κ1) is 12.4. The van der Waals surface area contributed by atoms with Crippen LogP contribution in [-0.4, -0.2) is 19.6 Å². The molecule has 92 valence electrons. The summed E-state index contributed by atoms with van der Waals surface area (Å²) in [6.07, 6.45) is 0. The van der Waals surface area contributed by atoms with Crippen molar-refractivity contribution < 1.29 is 9.53 Å². The second-order valence-corrected chi connectivity index (χ2v) is 5.44. The van der Waals surface area contributed by atoms with Gasteiger partial charge in [0.1, 0.15) is 5.75 Å². The van der Waals surface area contributed by atoms with Crippen LogP contribution in [0.3, 0.4) is 0 Å². The number of rotatable bonds is 0. The van der Waals surface area contributed by atoms with Gasteiger partial charge in [-0.2, -0.15) is 0 Å². The van der Waals surface area contributed by atoms with Crippen LogP contribution < -0.4 is 9.64 Å². The molecule has 3 nitrogen and oxygen atoms in total. The Morgan fingerprint density at radius 3 is 2.76 bits per heavy atom. The maximum absolute atomic E-state index is 12.1. The lowest BCUT2D eigenvalue weighted by molar-refractivity contribution is -0.122. The van der Waals surface area contributed by atoms with Crippen LogP contribution in [0.1, 0.15) is 18.1 Å². The van der Waals surface area contributed by atoms with E-state index < -0.39 is 0 Å². The van der Waals surface area contributed by atoms with Crippen LogP contribution in [0.25, 0.3) is 0 Å². The minimum Gasteiger partial charge on any atom is -0.490 e. The summed E-state index contributed by atoms with van der Waals surface area (Å²) in [5.74, 6) is 0.820. The number of hydrogen-bond acceptors (Lipinski definition) is 2. The van der Waals surface area contributed by atoms with E-state index in [-0.39, 0.29) is 11.8 Å². The fraction of sp³-hybridized carbons (Fsp3) is 0.462. The molecule has 0 N–H and O–H groups in total. The number of ether oxygens (including phenoxy) is 1. The first-order valence-corrected chi connectivity index (χ1v) is 6.42. The molecule has 1 aromatic rings.